The van der Waals surface area contributed by atoms with Crippen LogP contribution in [0.2, 0.25) is 0 Å². The maximum absolute atomic E-state index is 10.7. The van der Waals surface area contributed by atoms with Gasteiger partial charge in [-0.15, -0.1) is 8.17 Å². The molecule has 1 rings (SSSR count). The summed E-state index contributed by atoms with van der Waals surface area (Å²) in [5.41, 5.74) is -3.13. The van der Waals surface area contributed by atoms with E-state index in [1.807, 2.05) is 0 Å². The molecule has 1 aromatic heterocycles. The van der Waals surface area contributed by atoms with Gasteiger partial charge in [0.1, 0.15) is 0 Å². The number of aromatic amines is 1. The van der Waals surface area contributed by atoms with Crippen LogP contribution in [-0.4, -0.2) is 18.6 Å². The third-order valence-corrected chi connectivity index (χ3v) is 1.50. The van der Waals surface area contributed by atoms with E-state index in [4.69, 9.17) is 23.6 Å². The molecule has 0 radical (unpaired) electrons. The van der Waals surface area contributed by atoms with Gasteiger partial charge in [-0.05, 0) is 0 Å². The van der Waals surface area contributed by atoms with Crippen LogP contribution in [0.1, 0.15) is 2.85 Å². The summed E-state index contributed by atoms with van der Waals surface area (Å²) in [4.78, 5) is 33.4. The van der Waals surface area contributed by atoms with Gasteiger partial charge in [-0.25, -0.2) is 14.4 Å². The molecule has 0 aromatic carbocycles. The minimum absolute atomic E-state index is 0. The second kappa shape index (κ2) is 8.14. The molecular weight excluding hydrogens is 259 g/mol. The van der Waals surface area contributed by atoms with Crippen LogP contribution in [-0.2, 0) is 0 Å². The molecule has 0 atom stereocenters. The van der Waals surface area contributed by atoms with E-state index in [0.717, 1.165) is 0 Å². The van der Waals surface area contributed by atoms with E-state index in [-0.39, 0.29) is 75.6 Å². The first kappa shape index (κ1) is 20.4. The van der Waals surface area contributed by atoms with E-state index >= 15 is 0 Å². The Hall–Kier alpha value is 0.950. The van der Waals surface area contributed by atoms with Crippen LogP contribution in [0.25, 0.3) is 0 Å². The zero-order chi connectivity index (χ0) is 8.59. The average molecular weight is 264 g/mol. The maximum Gasteiger partial charge on any atom is 1.00 e. The first-order valence-corrected chi connectivity index (χ1v) is 3.02. The Balaban J connectivity index is -0.0000000807. The van der Waals surface area contributed by atoms with E-state index < -0.39 is 17.1 Å². The number of hydrogen-bond acceptors (Lipinski definition) is 3. The van der Waals surface area contributed by atoms with E-state index in [2.05, 4.69) is 0 Å². The van der Waals surface area contributed by atoms with Gasteiger partial charge in [-0.1, -0.05) is 0 Å². The van der Waals surface area contributed by atoms with E-state index in [1.54, 1.807) is 4.98 Å². The van der Waals surface area contributed by atoms with Gasteiger partial charge >= 0.3 is 76.2 Å². The number of H-pyrrole nitrogens is 1. The number of halogens is 2. The van der Waals surface area contributed by atoms with Gasteiger partial charge in [-0.2, -0.15) is 0 Å². The SMILES string of the molecule is O.O=c1[nH]c(=O)n(Cl)c(=O)n1Cl.[H-].[H-].[Na+].[Na+]. The maximum atomic E-state index is 10.7. The molecule has 7 nitrogen and oxygen atoms in total. The van der Waals surface area contributed by atoms with Crippen molar-refractivity contribution in [3.8, 4) is 0 Å². The summed E-state index contributed by atoms with van der Waals surface area (Å²) < 4.78 is 0.322. The molecule has 0 saturated heterocycles. The fourth-order valence-corrected chi connectivity index (χ4v) is 0.715. The molecule has 0 amide bonds. The molecule has 1 heterocycles. The van der Waals surface area contributed by atoms with Gasteiger partial charge in [0.2, 0.25) is 0 Å². The zero-order valence-corrected chi connectivity index (χ0v) is 12.9. The molecule has 1 aromatic rings. The number of nitrogens with one attached hydrogen (secondary N) is 1. The second-order valence-electron chi connectivity index (χ2n) is 1.58. The Bertz CT molecular complexity index is 422. The van der Waals surface area contributed by atoms with Crippen molar-refractivity contribution in [2.24, 2.45) is 0 Å². The van der Waals surface area contributed by atoms with Gasteiger partial charge < -0.3 is 8.33 Å². The van der Waals surface area contributed by atoms with Gasteiger partial charge in [0.05, 0.1) is 0 Å². The van der Waals surface area contributed by atoms with Gasteiger partial charge in [0, 0.05) is 23.6 Å². The molecule has 0 saturated carbocycles. The number of hydrogen-bond donors (Lipinski definition) is 1. The molecule has 14 heavy (non-hydrogen) atoms. The molecule has 0 aliphatic rings. The molecule has 11 heteroatoms. The standard InChI is InChI=1S/C3HCl2N3O3.2Na.H2O.2H/c4-7-1(9)6-2(10)8(5)3(7)11;;;;;/h(H,6,9,10);;;1H2;;/q;2*+1;;2*-1. The third-order valence-electron chi connectivity index (χ3n) is 0.906. The molecule has 0 bridgehead atoms. The molecule has 3 N–H and O–H groups in total. The van der Waals surface area contributed by atoms with Crippen molar-refractivity contribution in [3.63, 3.8) is 0 Å². The van der Waals surface area contributed by atoms with Crippen molar-refractivity contribution < 1.29 is 67.4 Å². The Morgan fingerprint density at radius 3 is 1.57 bits per heavy atom. The summed E-state index contributed by atoms with van der Waals surface area (Å²) in [5, 5.41) is 0. The summed E-state index contributed by atoms with van der Waals surface area (Å²) in [7, 11) is 0. The number of nitrogens with zero attached hydrogens (tertiary/aromatic N) is 2. The van der Waals surface area contributed by atoms with Crippen molar-refractivity contribution >= 4 is 23.6 Å². The normalized spacial score (nSPS) is 7.86. The monoisotopic (exact) mass is 263 g/mol. The van der Waals surface area contributed by atoms with Gasteiger partial charge in [0.15, 0.2) is 0 Å². The molecule has 0 spiro atoms. The fourth-order valence-electron chi connectivity index (χ4n) is 0.440. The summed E-state index contributed by atoms with van der Waals surface area (Å²) in [6.07, 6.45) is 0. The van der Waals surface area contributed by atoms with Crippen LogP contribution >= 0.6 is 23.6 Å². The molecule has 0 unspecified atom stereocenters. The number of rotatable bonds is 0. The van der Waals surface area contributed by atoms with Crippen molar-refractivity contribution in [2.75, 3.05) is 0 Å². The molecular formula is C3H5Cl2N3Na2O4. The minimum atomic E-state index is -1.10. The van der Waals surface area contributed by atoms with Crippen LogP contribution in [0.15, 0.2) is 14.4 Å². The quantitative estimate of drug-likeness (QED) is 0.470. The third kappa shape index (κ3) is 4.21. The molecule has 72 valence electrons. The van der Waals surface area contributed by atoms with Gasteiger partial charge in [0.25, 0.3) is 0 Å². The van der Waals surface area contributed by atoms with Crippen molar-refractivity contribution in [1.82, 2.24) is 13.2 Å². The summed E-state index contributed by atoms with van der Waals surface area (Å²) in [6.45, 7) is 0. The smallest absolute Gasteiger partial charge is 1.00 e. The van der Waals surface area contributed by atoms with Crippen LogP contribution < -0.4 is 76.2 Å². The van der Waals surface area contributed by atoms with Crippen LogP contribution in [0.5, 0.6) is 0 Å². The van der Waals surface area contributed by atoms with Crippen LogP contribution in [0.4, 0.5) is 0 Å². The Labute approximate surface area is 134 Å². The van der Waals surface area contributed by atoms with Crippen molar-refractivity contribution in [3.05, 3.63) is 31.5 Å². The predicted molar refractivity (Wildman–Crippen MR) is 43.9 cm³/mol. The summed E-state index contributed by atoms with van der Waals surface area (Å²) in [6, 6.07) is 0. The second-order valence-corrected chi connectivity index (χ2v) is 2.26. The average Bonchev–Trinajstić information content (AvgIpc) is 1.97. The predicted octanol–water partition coefficient (Wildman–Crippen LogP) is -7.89. The van der Waals surface area contributed by atoms with E-state index in [9.17, 15) is 14.4 Å². The Morgan fingerprint density at radius 2 is 1.29 bits per heavy atom. The number of aromatic nitrogens is 3. The molecule has 0 aliphatic heterocycles. The topological polar surface area (TPSA) is 108 Å². The van der Waals surface area contributed by atoms with Gasteiger partial charge in [-0.3, -0.25) is 4.98 Å². The largest absolute Gasteiger partial charge is 1.00 e. The van der Waals surface area contributed by atoms with Crippen LogP contribution in [0, 0.1) is 0 Å². The minimum Gasteiger partial charge on any atom is -1.00 e. The Kier molecular flexibility index (Phi) is 11.8. The Morgan fingerprint density at radius 1 is 1.00 bits per heavy atom. The first-order valence-electron chi connectivity index (χ1n) is 2.34. The first-order chi connectivity index (χ1) is 5.04. The van der Waals surface area contributed by atoms with Crippen molar-refractivity contribution in [1.29, 1.82) is 0 Å². The van der Waals surface area contributed by atoms with Crippen molar-refractivity contribution in [2.45, 2.75) is 0 Å². The fraction of sp³-hybridized carbons (Fsp3) is 0. The molecule has 0 aliphatic carbocycles. The summed E-state index contributed by atoms with van der Waals surface area (Å²) >= 11 is 10.1. The summed E-state index contributed by atoms with van der Waals surface area (Å²) in [5.74, 6) is 0. The van der Waals surface area contributed by atoms with Crippen LogP contribution in [0.3, 0.4) is 0 Å². The van der Waals surface area contributed by atoms with E-state index in [1.165, 1.54) is 0 Å². The van der Waals surface area contributed by atoms with E-state index in [0.29, 0.717) is 0 Å². The molecule has 0 fully saturated rings. The zero-order valence-electron chi connectivity index (χ0n) is 9.38.